The van der Waals surface area contributed by atoms with E-state index in [9.17, 15) is 0 Å². The summed E-state index contributed by atoms with van der Waals surface area (Å²) in [5.74, 6) is 0.888. The topological polar surface area (TPSA) is 44.0 Å². The summed E-state index contributed by atoms with van der Waals surface area (Å²) in [6.45, 7) is 4.82. The van der Waals surface area contributed by atoms with E-state index in [4.69, 9.17) is 0 Å². The van der Waals surface area contributed by atoms with Crippen LogP contribution < -0.4 is 5.32 Å². The van der Waals surface area contributed by atoms with Gasteiger partial charge in [0.15, 0.2) is 0 Å². The van der Waals surface area contributed by atoms with Crippen LogP contribution >= 0.6 is 0 Å². The van der Waals surface area contributed by atoms with Crippen LogP contribution in [0.1, 0.15) is 18.4 Å². The van der Waals surface area contributed by atoms with Crippen LogP contribution in [0, 0.1) is 5.92 Å². The fraction of sp³-hybridized carbons (Fsp3) is 0.471. The molecule has 0 saturated carbocycles. The molecule has 1 aromatic carbocycles. The molecule has 3 fully saturated rings. The van der Waals surface area contributed by atoms with Gasteiger partial charge in [0.05, 0.1) is 5.69 Å². The van der Waals surface area contributed by atoms with E-state index in [0.717, 1.165) is 18.2 Å². The fourth-order valence-corrected chi connectivity index (χ4v) is 3.66. The number of piperidine rings is 3. The van der Waals surface area contributed by atoms with Crippen LogP contribution in [0.3, 0.4) is 0 Å². The van der Waals surface area contributed by atoms with E-state index in [1.807, 2.05) is 6.07 Å². The standard InChI is InChI=1S/C17H22N4/c1-3-14(16-5-8-19-20-16)4-2-13(1)11-18-17-12-21-9-6-15(17)7-10-21/h1-5,8,15,17-18H,6-7,9-12H2,(H,19,20). The third-order valence-electron chi connectivity index (χ3n) is 4.99. The Morgan fingerprint density at radius 3 is 2.57 bits per heavy atom. The number of H-pyrrole nitrogens is 1. The van der Waals surface area contributed by atoms with Gasteiger partial charge in [0.2, 0.25) is 0 Å². The van der Waals surface area contributed by atoms with E-state index in [1.54, 1.807) is 6.20 Å². The molecule has 2 N–H and O–H groups in total. The second-order valence-corrected chi connectivity index (χ2v) is 6.29. The minimum Gasteiger partial charge on any atom is -0.308 e. The molecule has 0 aliphatic carbocycles. The lowest BCUT2D eigenvalue weighted by atomic mass is 9.84. The highest BCUT2D eigenvalue weighted by Crippen LogP contribution is 2.27. The molecule has 4 heterocycles. The lowest BCUT2D eigenvalue weighted by Crippen LogP contribution is -2.55. The molecule has 0 amide bonds. The molecule has 5 rings (SSSR count). The Morgan fingerprint density at radius 2 is 1.95 bits per heavy atom. The summed E-state index contributed by atoms with van der Waals surface area (Å²) in [4.78, 5) is 2.60. The van der Waals surface area contributed by atoms with Gasteiger partial charge in [-0.3, -0.25) is 5.10 Å². The van der Waals surface area contributed by atoms with E-state index in [-0.39, 0.29) is 0 Å². The Balaban J connectivity index is 1.37. The van der Waals surface area contributed by atoms with E-state index >= 15 is 0 Å². The predicted octanol–water partition coefficient (Wildman–Crippen LogP) is 2.26. The first-order valence-corrected chi connectivity index (χ1v) is 7.93. The molecule has 1 aromatic heterocycles. The third kappa shape index (κ3) is 2.74. The SMILES string of the molecule is c1cc(-c2ccc(CNC3CN4CCC3CC4)cc2)[nH]n1. The van der Waals surface area contributed by atoms with Crippen molar-refractivity contribution in [3.05, 3.63) is 42.1 Å². The van der Waals surface area contributed by atoms with Crippen LogP contribution in [0.4, 0.5) is 0 Å². The molecular formula is C17H22N4. The molecule has 21 heavy (non-hydrogen) atoms. The Labute approximate surface area is 125 Å². The lowest BCUT2D eigenvalue weighted by Gasteiger charge is -2.45. The molecule has 0 spiro atoms. The average Bonchev–Trinajstić information content (AvgIpc) is 3.09. The van der Waals surface area contributed by atoms with Gasteiger partial charge in [-0.2, -0.15) is 5.10 Å². The van der Waals surface area contributed by atoms with E-state index in [1.165, 1.54) is 43.6 Å². The second-order valence-electron chi connectivity index (χ2n) is 6.29. The van der Waals surface area contributed by atoms with Gasteiger partial charge in [-0.25, -0.2) is 0 Å². The maximum Gasteiger partial charge on any atom is 0.0650 e. The minimum absolute atomic E-state index is 0.680. The first-order chi connectivity index (χ1) is 10.4. The highest BCUT2D eigenvalue weighted by Gasteiger charge is 2.33. The first-order valence-electron chi connectivity index (χ1n) is 7.93. The zero-order valence-electron chi connectivity index (χ0n) is 12.3. The first kappa shape index (κ1) is 13.0. The van der Waals surface area contributed by atoms with Crippen molar-refractivity contribution in [3.63, 3.8) is 0 Å². The molecule has 2 aromatic rings. The molecule has 110 valence electrons. The molecule has 1 unspecified atom stereocenters. The molecule has 2 bridgehead atoms. The van der Waals surface area contributed by atoms with Crippen molar-refractivity contribution in [3.8, 4) is 11.3 Å². The van der Waals surface area contributed by atoms with Crippen molar-refractivity contribution >= 4 is 0 Å². The zero-order chi connectivity index (χ0) is 14.1. The van der Waals surface area contributed by atoms with E-state index in [0.29, 0.717) is 6.04 Å². The molecule has 3 aliphatic heterocycles. The summed E-state index contributed by atoms with van der Waals surface area (Å²) in [7, 11) is 0. The van der Waals surface area contributed by atoms with Crippen molar-refractivity contribution < 1.29 is 0 Å². The minimum atomic E-state index is 0.680. The maximum absolute atomic E-state index is 4.00. The number of rotatable bonds is 4. The molecule has 4 heteroatoms. The summed E-state index contributed by atoms with van der Waals surface area (Å²) in [6.07, 6.45) is 4.53. The van der Waals surface area contributed by atoms with Gasteiger partial charge >= 0.3 is 0 Å². The summed E-state index contributed by atoms with van der Waals surface area (Å²) >= 11 is 0. The Bertz CT molecular complexity index is 567. The molecule has 1 atom stereocenters. The normalized spacial score (nSPS) is 27.9. The van der Waals surface area contributed by atoms with E-state index in [2.05, 4.69) is 44.7 Å². The summed E-state index contributed by atoms with van der Waals surface area (Å²) in [5, 5.41) is 10.8. The lowest BCUT2D eigenvalue weighted by molar-refractivity contribution is 0.0720. The number of aromatic nitrogens is 2. The molecule has 0 radical (unpaired) electrons. The predicted molar refractivity (Wildman–Crippen MR) is 83.8 cm³/mol. The van der Waals surface area contributed by atoms with Gasteiger partial charge in [-0.1, -0.05) is 24.3 Å². The van der Waals surface area contributed by atoms with Crippen LogP contribution in [-0.4, -0.2) is 40.8 Å². The van der Waals surface area contributed by atoms with Crippen molar-refractivity contribution in [2.24, 2.45) is 5.92 Å². The number of benzene rings is 1. The van der Waals surface area contributed by atoms with Crippen LogP contribution in [0.5, 0.6) is 0 Å². The number of nitrogens with one attached hydrogen (secondary N) is 2. The number of fused-ring (bicyclic) bond motifs is 3. The van der Waals surface area contributed by atoms with Gasteiger partial charge in [0.1, 0.15) is 0 Å². The summed E-state index contributed by atoms with van der Waals surface area (Å²) in [5.41, 5.74) is 3.63. The van der Waals surface area contributed by atoms with Crippen LogP contribution in [0.15, 0.2) is 36.5 Å². The second kappa shape index (κ2) is 5.62. The van der Waals surface area contributed by atoms with Gasteiger partial charge in [0.25, 0.3) is 0 Å². The van der Waals surface area contributed by atoms with Crippen LogP contribution in [0.2, 0.25) is 0 Å². The summed E-state index contributed by atoms with van der Waals surface area (Å²) < 4.78 is 0. The van der Waals surface area contributed by atoms with Crippen molar-refractivity contribution in [1.29, 1.82) is 0 Å². The summed E-state index contributed by atoms with van der Waals surface area (Å²) in [6, 6.07) is 11.4. The Kier molecular flexibility index (Phi) is 3.49. The van der Waals surface area contributed by atoms with Crippen molar-refractivity contribution in [2.45, 2.75) is 25.4 Å². The Morgan fingerprint density at radius 1 is 1.14 bits per heavy atom. The van der Waals surface area contributed by atoms with Gasteiger partial charge in [0, 0.05) is 25.3 Å². The third-order valence-corrected chi connectivity index (χ3v) is 4.99. The van der Waals surface area contributed by atoms with E-state index < -0.39 is 0 Å². The number of hydrogen-bond acceptors (Lipinski definition) is 3. The fourth-order valence-electron chi connectivity index (χ4n) is 3.66. The van der Waals surface area contributed by atoms with Crippen molar-refractivity contribution in [1.82, 2.24) is 20.4 Å². The van der Waals surface area contributed by atoms with Gasteiger partial charge in [-0.15, -0.1) is 0 Å². The van der Waals surface area contributed by atoms with Gasteiger partial charge in [-0.05, 0) is 49.0 Å². The highest BCUT2D eigenvalue weighted by atomic mass is 15.2. The number of nitrogens with zero attached hydrogens (tertiary/aromatic N) is 2. The Hall–Kier alpha value is -1.65. The van der Waals surface area contributed by atoms with Crippen LogP contribution in [-0.2, 0) is 6.54 Å². The maximum atomic E-state index is 4.00. The monoisotopic (exact) mass is 282 g/mol. The van der Waals surface area contributed by atoms with Gasteiger partial charge < -0.3 is 10.2 Å². The zero-order valence-corrected chi connectivity index (χ0v) is 12.3. The molecular weight excluding hydrogens is 260 g/mol. The largest absolute Gasteiger partial charge is 0.308 e. The quantitative estimate of drug-likeness (QED) is 0.904. The van der Waals surface area contributed by atoms with Crippen LogP contribution in [0.25, 0.3) is 11.3 Å². The van der Waals surface area contributed by atoms with Crippen molar-refractivity contribution in [2.75, 3.05) is 19.6 Å². The highest BCUT2D eigenvalue weighted by molar-refractivity contribution is 5.58. The molecule has 3 saturated heterocycles. The smallest absolute Gasteiger partial charge is 0.0650 e. The number of hydrogen-bond donors (Lipinski definition) is 2. The average molecular weight is 282 g/mol. The molecule has 3 aliphatic rings. The number of aromatic amines is 1. The molecule has 4 nitrogen and oxygen atoms in total.